The van der Waals surface area contributed by atoms with Crippen molar-refractivity contribution in [3.8, 4) is 12.0 Å². The van der Waals surface area contributed by atoms with E-state index in [-0.39, 0.29) is 0 Å². The van der Waals surface area contributed by atoms with Crippen molar-refractivity contribution in [1.29, 1.82) is 0 Å². The van der Waals surface area contributed by atoms with Crippen molar-refractivity contribution >= 4 is 6.21 Å². The van der Waals surface area contributed by atoms with Crippen molar-refractivity contribution in [2.75, 3.05) is 14.1 Å². The van der Waals surface area contributed by atoms with Crippen molar-refractivity contribution in [3.63, 3.8) is 0 Å². The van der Waals surface area contributed by atoms with Crippen molar-refractivity contribution in [2.45, 2.75) is 6.42 Å². The van der Waals surface area contributed by atoms with Gasteiger partial charge < -0.3 is 0 Å². The van der Waals surface area contributed by atoms with Crippen LogP contribution in [0, 0.1) is 12.0 Å². The maximum Gasteiger partial charge on any atom is 0.0575 e. The van der Waals surface area contributed by atoms with Gasteiger partial charge in [-0.2, -0.15) is 5.11 Å². The van der Waals surface area contributed by atoms with Crippen LogP contribution in [0.1, 0.15) is 6.42 Å². The molecule has 0 saturated carbocycles. The minimum absolute atomic E-state index is 0.648. The quantitative estimate of drug-likeness (QED) is 0.284. The van der Waals surface area contributed by atoms with Gasteiger partial charge in [0.25, 0.3) is 0 Å². The van der Waals surface area contributed by atoms with E-state index in [4.69, 9.17) is 0 Å². The Hall–Kier alpha value is -1.17. The first-order chi connectivity index (χ1) is 4.41. The summed E-state index contributed by atoms with van der Waals surface area (Å²) in [6.45, 7) is 0. The Bertz CT molecular complexity index is 159. The SMILES string of the molecule is CN=CCC#CN=NC. The Kier molecular flexibility index (Phi) is 5.94. The predicted molar refractivity (Wildman–Crippen MR) is 37.6 cm³/mol. The molecule has 0 rings (SSSR count). The number of hydrogen-bond donors (Lipinski definition) is 0. The van der Waals surface area contributed by atoms with E-state index in [0.717, 1.165) is 0 Å². The van der Waals surface area contributed by atoms with Crippen LogP contribution in [-0.2, 0) is 0 Å². The molecule has 0 heterocycles. The first-order valence-corrected chi connectivity index (χ1v) is 2.59. The summed E-state index contributed by atoms with van der Waals surface area (Å²) in [6.07, 6.45) is 2.37. The number of rotatable bonds is 1. The van der Waals surface area contributed by atoms with Crippen LogP contribution >= 0.6 is 0 Å². The molecule has 0 N–H and O–H groups in total. The number of hydrogen-bond acceptors (Lipinski definition) is 3. The standard InChI is InChI=1S/C6H9N3/c1-7-5-3-4-6-9-8-2/h5H,3H2,1-2H3. The topological polar surface area (TPSA) is 37.1 Å². The highest BCUT2D eigenvalue weighted by Crippen LogP contribution is 1.69. The number of azo groups is 1. The molecule has 0 radical (unpaired) electrons. The van der Waals surface area contributed by atoms with Gasteiger partial charge in [0.2, 0.25) is 0 Å². The Morgan fingerprint density at radius 3 is 2.78 bits per heavy atom. The second-order valence-corrected chi connectivity index (χ2v) is 1.23. The fourth-order valence-electron chi connectivity index (χ4n) is 0.268. The van der Waals surface area contributed by atoms with E-state index < -0.39 is 0 Å². The first-order valence-electron chi connectivity index (χ1n) is 2.59. The fraction of sp³-hybridized carbons (Fsp3) is 0.500. The zero-order valence-corrected chi connectivity index (χ0v) is 5.63. The predicted octanol–water partition coefficient (Wildman–Crippen LogP) is 1.12. The third-order valence-electron chi connectivity index (χ3n) is 0.605. The molecule has 0 unspecified atom stereocenters. The Labute approximate surface area is 54.9 Å². The smallest absolute Gasteiger partial charge is 0.0575 e. The van der Waals surface area contributed by atoms with E-state index in [1.807, 2.05) is 0 Å². The summed E-state index contributed by atoms with van der Waals surface area (Å²) in [7, 11) is 3.30. The lowest BCUT2D eigenvalue weighted by Crippen LogP contribution is -1.66. The summed E-state index contributed by atoms with van der Waals surface area (Å²) < 4.78 is 0. The van der Waals surface area contributed by atoms with Crippen LogP contribution in [0.4, 0.5) is 0 Å². The molecule has 0 amide bonds. The lowest BCUT2D eigenvalue weighted by Gasteiger charge is -1.69. The van der Waals surface area contributed by atoms with Gasteiger partial charge in [0, 0.05) is 26.7 Å². The Morgan fingerprint density at radius 2 is 2.22 bits per heavy atom. The maximum atomic E-state index is 3.73. The van der Waals surface area contributed by atoms with Gasteiger partial charge in [-0.3, -0.25) is 4.99 Å². The van der Waals surface area contributed by atoms with E-state index in [1.54, 1.807) is 20.3 Å². The van der Waals surface area contributed by atoms with Gasteiger partial charge in [0.1, 0.15) is 0 Å². The van der Waals surface area contributed by atoms with Crippen molar-refractivity contribution in [1.82, 2.24) is 0 Å². The van der Waals surface area contributed by atoms with Gasteiger partial charge in [-0.1, -0.05) is 5.92 Å². The Morgan fingerprint density at radius 1 is 1.44 bits per heavy atom. The molecule has 0 aliphatic rings. The molecule has 0 spiro atoms. The number of aliphatic imine (C=N–C) groups is 1. The molecule has 0 aliphatic carbocycles. The summed E-state index contributed by atoms with van der Waals surface area (Å²) in [5.41, 5.74) is 0. The molecular weight excluding hydrogens is 114 g/mol. The van der Waals surface area contributed by atoms with Gasteiger partial charge in [0.15, 0.2) is 0 Å². The summed E-state index contributed by atoms with van der Waals surface area (Å²) in [5.74, 6) is 2.73. The van der Waals surface area contributed by atoms with Gasteiger partial charge in [0.05, 0.1) is 6.04 Å². The lowest BCUT2D eigenvalue weighted by molar-refractivity contribution is 1.19. The zero-order valence-electron chi connectivity index (χ0n) is 5.63. The van der Waals surface area contributed by atoms with Crippen LogP contribution in [-0.4, -0.2) is 20.3 Å². The van der Waals surface area contributed by atoms with E-state index >= 15 is 0 Å². The summed E-state index contributed by atoms with van der Waals surface area (Å²) >= 11 is 0. The zero-order chi connectivity index (χ0) is 6.95. The molecule has 3 nitrogen and oxygen atoms in total. The molecular formula is C6H9N3. The minimum Gasteiger partial charge on any atom is -0.300 e. The van der Waals surface area contributed by atoms with Gasteiger partial charge in [-0.25, -0.2) is 0 Å². The second-order valence-electron chi connectivity index (χ2n) is 1.23. The number of nitrogens with zero attached hydrogens (tertiary/aromatic N) is 3. The van der Waals surface area contributed by atoms with Crippen LogP contribution in [0.3, 0.4) is 0 Å². The molecule has 48 valence electrons. The first kappa shape index (κ1) is 7.83. The van der Waals surface area contributed by atoms with Gasteiger partial charge in [-0.15, -0.1) is 5.11 Å². The van der Waals surface area contributed by atoms with Crippen LogP contribution in [0.2, 0.25) is 0 Å². The third kappa shape index (κ3) is 6.83. The molecule has 0 atom stereocenters. The fourth-order valence-corrected chi connectivity index (χ4v) is 0.268. The molecule has 0 bridgehead atoms. The molecule has 0 aromatic rings. The monoisotopic (exact) mass is 123 g/mol. The van der Waals surface area contributed by atoms with Crippen LogP contribution < -0.4 is 0 Å². The largest absolute Gasteiger partial charge is 0.300 e. The van der Waals surface area contributed by atoms with Crippen LogP contribution in [0.15, 0.2) is 15.2 Å². The molecule has 0 aliphatic heterocycles. The molecule has 9 heavy (non-hydrogen) atoms. The minimum atomic E-state index is 0.648. The van der Waals surface area contributed by atoms with Crippen LogP contribution in [0.5, 0.6) is 0 Å². The summed E-state index contributed by atoms with van der Waals surface area (Å²) in [4.78, 5) is 3.73. The van der Waals surface area contributed by atoms with Crippen LogP contribution in [0.25, 0.3) is 0 Å². The van der Waals surface area contributed by atoms with E-state index in [2.05, 4.69) is 27.2 Å². The Balaban J connectivity index is 3.38. The van der Waals surface area contributed by atoms with Crippen molar-refractivity contribution < 1.29 is 0 Å². The molecule has 0 aromatic carbocycles. The third-order valence-corrected chi connectivity index (χ3v) is 0.605. The summed E-state index contributed by atoms with van der Waals surface area (Å²) in [6, 6.07) is 2.49. The normalized spacial score (nSPS) is 10.0. The van der Waals surface area contributed by atoms with Crippen molar-refractivity contribution in [2.24, 2.45) is 15.2 Å². The van der Waals surface area contributed by atoms with Crippen molar-refractivity contribution in [3.05, 3.63) is 0 Å². The van der Waals surface area contributed by atoms with Gasteiger partial charge in [-0.05, 0) is 0 Å². The van der Waals surface area contributed by atoms with E-state index in [1.165, 1.54) is 0 Å². The van der Waals surface area contributed by atoms with E-state index in [0.29, 0.717) is 6.42 Å². The highest BCUT2D eigenvalue weighted by molar-refractivity contribution is 5.60. The molecule has 0 fully saturated rings. The molecule has 3 heteroatoms. The molecule has 0 saturated heterocycles. The van der Waals surface area contributed by atoms with E-state index in [9.17, 15) is 0 Å². The summed E-state index contributed by atoms with van der Waals surface area (Å²) in [5, 5.41) is 6.89. The highest BCUT2D eigenvalue weighted by atomic mass is 15.1. The highest BCUT2D eigenvalue weighted by Gasteiger charge is 1.63. The maximum absolute atomic E-state index is 3.73. The lowest BCUT2D eigenvalue weighted by atomic mass is 10.5. The van der Waals surface area contributed by atoms with Gasteiger partial charge >= 0.3 is 0 Å². The average Bonchev–Trinajstić information content (AvgIpc) is 1.89. The second kappa shape index (κ2) is 6.83. The molecule has 0 aromatic heterocycles. The average molecular weight is 123 g/mol.